The summed E-state index contributed by atoms with van der Waals surface area (Å²) >= 11 is 0. The van der Waals surface area contributed by atoms with E-state index in [-0.39, 0.29) is 30.5 Å². The van der Waals surface area contributed by atoms with Crippen LogP contribution >= 0.6 is 12.4 Å². The summed E-state index contributed by atoms with van der Waals surface area (Å²) in [6, 6.07) is 5.61. The highest BCUT2D eigenvalue weighted by atomic mass is 35.5. The van der Waals surface area contributed by atoms with Crippen molar-refractivity contribution in [2.45, 2.75) is 32.2 Å². The van der Waals surface area contributed by atoms with Crippen molar-refractivity contribution in [3.8, 4) is 11.5 Å². The number of rotatable bonds is 8. The Labute approximate surface area is 150 Å². The number of hydrogen-bond donors (Lipinski definition) is 2. The highest BCUT2D eigenvalue weighted by Crippen LogP contribution is 2.39. The molecular formula is C18H27ClN2O3. The number of ether oxygens (including phenoxy) is 2. The van der Waals surface area contributed by atoms with Crippen LogP contribution in [0.3, 0.4) is 0 Å². The first-order chi connectivity index (χ1) is 11.0. The number of nitrogens with one attached hydrogen (secondary N) is 1. The van der Waals surface area contributed by atoms with E-state index in [9.17, 15) is 4.79 Å². The molecule has 1 aromatic carbocycles. The average Bonchev–Trinajstić information content (AvgIpc) is 3.39. The predicted molar refractivity (Wildman–Crippen MR) is 98.8 cm³/mol. The second kappa shape index (κ2) is 8.94. The Morgan fingerprint density at radius 1 is 1.42 bits per heavy atom. The molecule has 1 aliphatic rings. The molecule has 3 N–H and O–H groups in total. The van der Waals surface area contributed by atoms with Gasteiger partial charge in [-0.1, -0.05) is 18.2 Å². The monoisotopic (exact) mass is 354 g/mol. The van der Waals surface area contributed by atoms with Crippen LogP contribution in [0, 0.1) is 5.92 Å². The van der Waals surface area contributed by atoms with Gasteiger partial charge < -0.3 is 20.5 Å². The van der Waals surface area contributed by atoms with Gasteiger partial charge in [-0.3, -0.25) is 4.79 Å². The number of halogens is 1. The van der Waals surface area contributed by atoms with E-state index in [1.165, 1.54) is 0 Å². The number of allylic oxidation sites excluding steroid dienone is 1. The van der Waals surface area contributed by atoms with Gasteiger partial charge in [0, 0.05) is 6.54 Å². The third kappa shape index (κ3) is 5.14. The molecule has 1 unspecified atom stereocenters. The van der Waals surface area contributed by atoms with Crippen LogP contribution in [0.15, 0.2) is 24.3 Å². The summed E-state index contributed by atoms with van der Waals surface area (Å²) in [4.78, 5) is 12.1. The zero-order valence-corrected chi connectivity index (χ0v) is 15.3. The van der Waals surface area contributed by atoms with Crippen molar-refractivity contribution in [1.82, 2.24) is 5.32 Å². The van der Waals surface area contributed by atoms with E-state index in [4.69, 9.17) is 15.2 Å². The van der Waals surface area contributed by atoms with Gasteiger partial charge in [0.1, 0.15) is 0 Å². The van der Waals surface area contributed by atoms with Crippen LogP contribution in [0.1, 0.15) is 32.3 Å². The minimum atomic E-state index is -0.333. The molecule has 5 nitrogen and oxygen atoms in total. The number of amides is 1. The zero-order valence-electron chi connectivity index (χ0n) is 14.5. The fourth-order valence-corrected chi connectivity index (χ4v) is 2.64. The van der Waals surface area contributed by atoms with E-state index in [1.807, 2.05) is 44.2 Å². The molecule has 1 saturated carbocycles. The minimum Gasteiger partial charge on any atom is -0.493 e. The van der Waals surface area contributed by atoms with Crippen molar-refractivity contribution in [3.05, 3.63) is 29.8 Å². The molecule has 0 radical (unpaired) electrons. The van der Waals surface area contributed by atoms with E-state index >= 15 is 0 Å². The molecule has 134 valence electrons. The van der Waals surface area contributed by atoms with E-state index in [2.05, 4.69) is 5.32 Å². The summed E-state index contributed by atoms with van der Waals surface area (Å²) in [6.45, 7) is 4.33. The average molecular weight is 355 g/mol. The summed E-state index contributed by atoms with van der Waals surface area (Å²) in [5, 5.41) is 3.00. The van der Waals surface area contributed by atoms with Crippen LogP contribution < -0.4 is 20.5 Å². The molecule has 6 heteroatoms. The van der Waals surface area contributed by atoms with Crippen LogP contribution in [-0.2, 0) is 4.79 Å². The molecule has 2 rings (SSSR count). The molecule has 1 atom stereocenters. The van der Waals surface area contributed by atoms with E-state index in [0.717, 1.165) is 18.4 Å². The van der Waals surface area contributed by atoms with Gasteiger partial charge in [-0.2, -0.15) is 0 Å². The second-order valence-corrected chi connectivity index (χ2v) is 6.14. The van der Waals surface area contributed by atoms with Crippen molar-refractivity contribution in [3.63, 3.8) is 0 Å². The van der Waals surface area contributed by atoms with Crippen LogP contribution in [-0.4, -0.2) is 31.7 Å². The van der Waals surface area contributed by atoms with E-state index in [0.29, 0.717) is 24.0 Å². The fraction of sp³-hybridized carbons (Fsp3) is 0.500. The lowest BCUT2D eigenvalue weighted by molar-refractivity contribution is -0.125. The Balaban J connectivity index is 0.00000288. The largest absolute Gasteiger partial charge is 0.493 e. The molecule has 0 aliphatic heterocycles. The van der Waals surface area contributed by atoms with Gasteiger partial charge in [-0.05, 0) is 50.3 Å². The lowest BCUT2D eigenvalue weighted by Gasteiger charge is -2.29. The number of benzene rings is 1. The maximum Gasteiger partial charge on any atom is 0.258 e. The number of carbonyl (C=O) groups excluding carboxylic acids is 1. The molecule has 0 spiro atoms. The van der Waals surface area contributed by atoms with E-state index < -0.39 is 0 Å². The molecule has 0 heterocycles. The zero-order chi connectivity index (χ0) is 16.9. The van der Waals surface area contributed by atoms with Gasteiger partial charge in [-0.25, -0.2) is 0 Å². The molecular weight excluding hydrogens is 328 g/mol. The van der Waals surface area contributed by atoms with Crippen molar-refractivity contribution in [2.75, 3.05) is 20.3 Å². The first-order valence-electron chi connectivity index (χ1n) is 7.97. The maximum atomic E-state index is 12.1. The Bertz CT molecular complexity index is 588. The van der Waals surface area contributed by atoms with Crippen LogP contribution in [0.2, 0.25) is 0 Å². The smallest absolute Gasteiger partial charge is 0.258 e. The van der Waals surface area contributed by atoms with Gasteiger partial charge in [0.25, 0.3) is 5.91 Å². The lowest BCUT2D eigenvalue weighted by Crippen LogP contribution is -2.54. The third-order valence-electron chi connectivity index (χ3n) is 4.23. The third-order valence-corrected chi connectivity index (χ3v) is 4.23. The second-order valence-electron chi connectivity index (χ2n) is 6.14. The lowest BCUT2D eigenvalue weighted by atomic mass is 9.96. The highest BCUT2D eigenvalue weighted by Gasteiger charge is 2.41. The standard InChI is InChI=1S/C18H26N2O3.ClH/c1-4-5-13-6-9-15(16(10-13)22-3)23-11-17(21)20-18(2,12-19)14-7-8-14;/h4-6,9-10,14H,7-8,11-12,19H2,1-3H3,(H,20,21);1H/b5-4+;. The normalized spacial score (nSPS) is 16.2. The number of nitrogens with two attached hydrogens (primary N) is 1. The van der Waals surface area contributed by atoms with Crippen molar-refractivity contribution >= 4 is 24.4 Å². The highest BCUT2D eigenvalue weighted by molar-refractivity contribution is 5.85. The maximum absolute atomic E-state index is 12.1. The molecule has 1 aromatic rings. The van der Waals surface area contributed by atoms with E-state index in [1.54, 1.807) is 7.11 Å². The Kier molecular flexibility index (Phi) is 7.58. The number of carbonyl (C=O) groups is 1. The molecule has 1 fully saturated rings. The van der Waals surface area contributed by atoms with Gasteiger partial charge >= 0.3 is 0 Å². The van der Waals surface area contributed by atoms with Gasteiger partial charge in [0.2, 0.25) is 0 Å². The molecule has 1 aliphatic carbocycles. The molecule has 0 saturated heterocycles. The van der Waals surface area contributed by atoms with Crippen LogP contribution in [0.25, 0.3) is 6.08 Å². The van der Waals surface area contributed by atoms with Crippen molar-refractivity contribution in [2.24, 2.45) is 11.7 Å². The number of methoxy groups -OCH3 is 1. The van der Waals surface area contributed by atoms with Crippen LogP contribution in [0.5, 0.6) is 11.5 Å². The van der Waals surface area contributed by atoms with Gasteiger partial charge in [0.05, 0.1) is 12.6 Å². The Morgan fingerprint density at radius 2 is 2.12 bits per heavy atom. The SMILES string of the molecule is C/C=C/c1ccc(OCC(=O)NC(C)(CN)C2CC2)c(OC)c1.Cl. The summed E-state index contributed by atoms with van der Waals surface area (Å²) in [5.41, 5.74) is 6.50. The molecule has 24 heavy (non-hydrogen) atoms. The fourth-order valence-electron chi connectivity index (χ4n) is 2.64. The molecule has 1 amide bonds. The quantitative estimate of drug-likeness (QED) is 0.752. The summed E-state index contributed by atoms with van der Waals surface area (Å²) in [5.74, 6) is 1.48. The first-order valence-corrected chi connectivity index (χ1v) is 7.97. The molecule has 0 aromatic heterocycles. The molecule has 0 bridgehead atoms. The van der Waals surface area contributed by atoms with Gasteiger partial charge in [-0.15, -0.1) is 12.4 Å². The minimum absolute atomic E-state index is 0. The summed E-state index contributed by atoms with van der Waals surface area (Å²) in [7, 11) is 1.58. The first kappa shape index (κ1) is 20.3. The topological polar surface area (TPSA) is 73.6 Å². The van der Waals surface area contributed by atoms with Crippen LogP contribution in [0.4, 0.5) is 0 Å². The summed E-state index contributed by atoms with van der Waals surface area (Å²) in [6.07, 6.45) is 6.17. The van der Waals surface area contributed by atoms with Crippen molar-refractivity contribution < 1.29 is 14.3 Å². The Morgan fingerprint density at radius 3 is 2.67 bits per heavy atom. The van der Waals surface area contributed by atoms with Gasteiger partial charge in [0.15, 0.2) is 18.1 Å². The Hall–Kier alpha value is -1.72. The van der Waals surface area contributed by atoms with Crippen molar-refractivity contribution in [1.29, 1.82) is 0 Å². The summed E-state index contributed by atoms with van der Waals surface area (Å²) < 4.78 is 10.9. The number of hydrogen-bond acceptors (Lipinski definition) is 4. The predicted octanol–water partition coefficient (Wildman–Crippen LogP) is 2.77.